The van der Waals surface area contributed by atoms with Crippen LogP contribution >= 0.6 is 0 Å². The van der Waals surface area contributed by atoms with Gasteiger partial charge in [0.15, 0.2) is 0 Å². The van der Waals surface area contributed by atoms with E-state index in [-0.39, 0.29) is 5.88 Å². The zero-order valence-corrected chi connectivity index (χ0v) is 13.6. The van der Waals surface area contributed by atoms with Crippen molar-refractivity contribution >= 4 is 0 Å². The Bertz CT molecular complexity index is 599. The minimum atomic E-state index is 0.197. The average molecular weight is 286 g/mol. The molecule has 1 aromatic carbocycles. The van der Waals surface area contributed by atoms with Gasteiger partial charge in [-0.1, -0.05) is 45.4 Å². The molecule has 0 spiro atoms. The number of benzene rings is 1. The highest BCUT2D eigenvalue weighted by atomic mass is 16.3. The lowest BCUT2D eigenvalue weighted by molar-refractivity contribution is 0.441. The number of nitrogens with zero attached hydrogens (tertiary/aromatic N) is 2. The van der Waals surface area contributed by atoms with Crippen LogP contribution in [0.4, 0.5) is 0 Å². The van der Waals surface area contributed by atoms with Gasteiger partial charge < -0.3 is 5.11 Å². The third-order valence-electron chi connectivity index (χ3n) is 3.79. The van der Waals surface area contributed by atoms with E-state index < -0.39 is 0 Å². The van der Waals surface area contributed by atoms with Crippen LogP contribution in [-0.4, -0.2) is 14.9 Å². The molecule has 0 aliphatic carbocycles. The first kappa shape index (κ1) is 15.6. The van der Waals surface area contributed by atoms with Crippen LogP contribution in [0.15, 0.2) is 24.3 Å². The quantitative estimate of drug-likeness (QED) is 0.853. The number of hydrogen-bond acceptors (Lipinski definition) is 2. The minimum Gasteiger partial charge on any atom is -0.492 e. The summed E-state index contributed by atoms with van der Waals surface area (Å²) in [6.07, 6.45) is 4.03. The zero-order chi connectivity index (χ0) is 15.4. The summed E-state index contributed by atoms with van der Waals surface area (Å²) in [7, 11) is 0. The first-order valence-corrected chi connectivity index (χ1v) is 7.90. The van der Waals surface area contributed by atoms with E-state index >= 15 is 0 Å². The van der Waals surface area contributed by atoms with Crippen LogP contribution in [0.5, 0.6) is 5.88 Å². The Hall–Kier alpha value is -1.77. The van der Waals surface area contributed by atoms with Crippen molar-refractivity contribution in [2.24, 2.45) is 5.92 Å². The Kier molecular flexibility index (Phi) is 5.05. The maximum absolute atomic E-state index is 10.3. The SMILES string of the molecule is CCCCc1c(O)nn(-c2ccccc2C)c1CC(C)C. The molecule has 3 nitrogen and oxygen atoms in total. The highest BCUT2D eigenvalue weighted by Gasteiger charge is 2.19. The fraction of sp³-hybridized carbons (Fsp3) is 0.500. The normalized spacial score (nSPS) is 11.3. The third kappa shape index (κ3) is 3.46. The third-order valence-corrected chi connectivity index (χ3v) is 3.79. The van der Waals surface area contributed by atoms with E-state index in [1.165, 1.54) is 5.56 Å². The minimum absolute atomic E-state index is 0.197. The van der Waals surface area contributed by atoms with Crippen LogP contribution < -0.4 is 0 Å². The predicted octanol–water partition coefficient (Wildman–Crippen LogP) is 4.43. The van der Waals surface area contributed by atoms with Crippen LogP contribution in [0.25, 0.3) is 5.69 Å². The van der Waals surface area contributed by atoms with Crippen molar-refractivity contribution in [1.82, 2.24) is 9.78 Å². The van der Waals surface area contributed by atoms with Gasteiger partial charge >= 0.3 is 0 Å². The molecule has 0 saturated carbocycles. The van der Waals surface area contributed by atoms with Crippen molar-refractivity contribution in [1.29, 1.82) is 0 Å². The van der Waals surface area contributed by atoms with Gasteiger partial charge in [-0.15, -0.1) is 5.10 Å². The molecule has 0 radical (unpaired) electrons. The molecular weight excluding hydrogens is 260 g/mol. The van der Waals surface area contributed by atoms with Crippen LogP contribution in [0.3, 0.4) is 0 Å². The molecule has 1 N–H and O–H groups in total. The summed E-state index contributed by atoms with van der Waals surface area (Å²) in [6, 6.07) is 8.20. The van der Waals surface area contributed by atoms with Gasteiger partial charge in [-0.05, 0) is 43.7 Å². The summed E-state index contributed by atoms with van der Waals surface area (Å²) in [5.41, 5.74) is 4.41. The molecule has 0 saturated heterocycles. The van der Waals surface area contributed by atoms with E-state index in [0.29, 0.717) is 5.92 Å². The molecule has 0 aliphatic rings. The fourth-order valence-electron chi connectivity index (χ4n) is 2.68. The van der Waals surface area contributed by atoms with Crippen LogP contribution in [0.1, 0.15) is 50.4 Å². The van der Waals surface area contributed by atoms with Crippen molar-refractivity contribution in [2.75, 3.05) is 0 Å². The summed E-state index contributed by atoms with van der Waals surface area (Å²) in [4.78, 5) is 0. The first-order chi connectivity index (χ1) is 10.0. The molecule has 0 fully saturated rings. The van der Waals surface area contributed by atoms with Crippen molar-refractivity contribution in [2.45, 2.75) is 53.4 Å². The van der Waals surface area contributed by atoms with Crippen molar-refractivity contribution in [3.8, 4) is 11.6 Å². The molecule has 0 amide bonds. The number of unbranched alkanes of at least 4 members (excludes halogenated alkanes) is 1. The Morgan fingerprint density at radius 2 is 1.95 bits per heavy atom. The molecule has 21 heavy (non-hydrogen) atoms. The van der Waals surface area contributed by atoms with Crippen LogP contribution in [0.2, 0.25) is 0 Å². The number of rotatable bonds is 6. The van der Waals surface area contributed by atoms with E-state index in [2.05, 4.69) is 44.9 Å². The Morgan fingerprint density at radius 1 is 1.24 bits per heavy atom. The van der Waals surface area contributed by atoms with Gasteiger partial charge in [0, 0.05) is 5.56 Å². The summed E-state index contributed by atoms with van der Waals surface area (Å²) in [5.74, 6) is 0.728. The van der Waals surface area contributed by atoms with Gasteiger partial charge in [0.05, 0.1) is 11.4 Å². The second-order valence-corrected chi connectivity index (χ2v) is 6.15. The lowest BCUT2D eigenvalue weighted by Gasteiger charge is -2.13. The predicted molar refractivity (Wildman–Crippen MR) is 87.1 cm³/mol. The van der Waals surface area contributed by atoms with Gasteiger partial charge in [-0.3, -0.25) is 0 Å². The number of aromatic hydroxyl groups is 1. The molecule has 2 rings (SSSR count). The van der Waals surface area contributed by atoms with E-state index in [9.17, 15) is 5.11 Å². The highest BCUT2D eigenvalue weighted by molar-refractivity contribution is 5.44. The van der Waals surface area contributed by atoms with Gasteiger partial charge in [-0.25, -0.2) is 4.68 Å². The molecule has 2 aromatic rings. The van der Waals surface area contributed by atoms with Crippen molar-refractivity contribution < 1.29 is 5.11 Å². The Balaban J connectivity index is 2.52. The number of para-hydroxylation sites is 1. The first-order valence-electron chi connectivity index (χ1n) is 7.90. The molecule has 0 atom stereocenters. The highest BCUT2D eigenvalue weighted by Crippen LogP contribution is 2.28. The molecule has 0 aliphatic heterocycles. The Labute approximate surface area is 127 Å². The summed E-state index contributed by atoms with van der Waals surface area (Å²) in [6.45, 7) is 8.66. The molecular formula is C18H26N2O. The van der Waals surface area contributed by atoms with Gasteiger partial charge in [0.25, 0.3) is 0 Å². The van der Waals surface area contributed by atoms with Gasteiger partial charge in [-0.2, -0.15) is 0 Å². The molecule has 114 valence electrons. The zero-order valence-electron chi connectivity index (χ0n) is 13.6. The standard InChI is InChI=1S/C18H26N2O/c1-5-6-10-15-17(12-13(2)3)20(19-18(15)21)16-11-8-7-9-14(16)4/h7-9,11,13H,5-6,10,12H2,1-4H3,(H,19,21). The summed E-state index contributed by atoms with van der Waals surface area (Å²) < 4.78 is 1.94. The number of aromatic nitrogens is 2. The maximum Gasteiger partial charge on any atom is 0.234 e. The van der Waals surface area contributed by atoms with E-state index in [1.807, 2.05) is 16.8 Å². The molecule has 3 heteroatoms. The van der Waals surface area contributed by atoms with Gasteiger partial charge in [0.2, 0.25) is 5.88 Å². The number of hydrogen-bond donors (Lipinski definition) is 1. The summed E-state index contributed by atoms with van der Waals surface area (Å²) >= 11 is 0. The summed E-state index contributed by atoms with van der Waals surface area (Å²) in [5, 5.41) is 14.7. The second-order valence-electron chi connectivity index (χ2n) is 6.15. The second kappa shape index (κ2) is 6.79. The Morgan fingerprint density at radius 3 is 2.57 bits per heavy atom. The van der Waals surface area contributed by atoms with E-state index in [0.717, 1.165) is 42.6 Å². The van der Waals surface area contributed by atoms with Crippen LogP contribution in [-0.2, 0) is 12.8 Å². The van der Waals surface area contributed by atoms with Crippen molar-refractivity contribution in [3.63, 3.8) is 0 Å². The molecule has 0 bridgehead atoms. The fourth-order valence-corrected chi connectivity index (χ4v) is 2.68. The number of aryl methyl sites for hydroxylation is 1. The molecule has 1 aromatic heterocycles. The lowest BCUT2D eigenvalue weighted by Crippen LogP contribution is -2.08. The monoisotopic (exact) mass is 286 g/mol. The largest absolute Gasteiger partial charge is 0.492 e. The van der Waals surface area contributed by atoms with E-state index in [4.69, 9.17) is 0 Å². The maximum atomic E-state index is 10.3. The van der Waals surface area contributed by atoms with Crippen molar-refractivity contribution in [3.05, 3.63) is 41.1 Å². The van der Waals surface area contributed by atoms with Gasteiger partial charge in [0.1, 0.15) is 0 Å². The lowest BCUT2D eigenvalue weighted by atomic mass is 10.0. The molecule has 0 unspecified atom stereocenters. The topological polar surface area (TPSA) is 38.1 Å². The van der Waals surface area contributed by atoms with E-state index in [1.54, 1.807) is 0 Å². The molecule has 1 heterocycles. The smallest absolute Gasteiger partial charge is 0.234 e. The van der Waals surface area contributed by atoms with Crippen LogP contribution in [0, 0.1) is 12.8 Å². The average Bonchev–Trinajstić information content (AvgIpc) is 2.73.